The Morgan fingerprint density at radius 2 is 2.05 bits per heavy atom. The maximum Gasteiger partial charge on any atom is 0.241 e. The number of hydrogen-bond acceptors (Lipinski definition) is 7. The van der Waals surface area contributed by atoms with Crippen molar-refractivity contribution in [1.82, 2.24) is 20.2 Å². The minimum Gasteiger partial charge on any atom is -0.329 e. The lowest BCUT2D eigenvalue weighted by atomic mass is 10.2. The number of nitrogens with zero attached hydrogens (tertiary/aromatic N) is 5. The molecule has 4 N–H and O–H groups in total. The van der Waals surface area contributed by atoms with Gasteiger partial charge in [-0.05, 0) is 24.3 Å². The normalized spacial score (nSPS) is 10.3. The van der Waals surface area contributed by atoms with Crippen molar-refractivity contribution >= 4 is 28.5 Å². The summed E-state index contributed by atoms with van der Waals surface area (Å²) in [6.45, 7) is 0. The highest BCUT2D eigenvalue weighted by atomic mass is 15.3. The molecule has 0 radical (unpaired) electrons. The lowest BCUT2D eigenvalue weighted by Gasteiger charge is -2.19. The van der Waals surface area contributed by atoms with Gasteiger partial charge in [-0.25, -0.2) is 5.84 Å². The van der Waals surface area contributed by atoms with E-state index in [1.165, 1.54) is 0 Å². The van der Waals surface area contributed by atoms with Crippen molar-refractivity contribution in [3.63, 3.8) is 0 Å². The summed E-state index contributed by atoms with van der Waals surface area (Å²) in [5, 5.41) is 16.4. The molecule has 8 heteroatoms. The van der Waals surface area contributed by atoms with Gasteiger partial charge in [-0.15, -0.1) is 0 Å². The third-order valence-electron chi connectivity index (χ3n) is 3.12. The van der Waals surface area contributed by atoms with Crippen LogP contribution in [-0.2, 0) is 0 Å². The van der Waals surface area contributed by atoms with Crippen LogP contribution in [0, 0.1) is 11.3 Å². The van der Waals surface area contributed by atoms with Crippen molar-refractivity contribution < 1.29 is 0 Å². The van der Waals surface area contributed by atoms with Gasteiger partial charge < -0.3 is 4.90 Å². The number of hydrazine groups is 1. The fourth-order valence-electron chi connectivity index (χ4n) is 2.02. The first-order valence-corrected chi connectivity index (χ1v) is 6.14. The Morgan fingerprint density at radius 1 is 1.29 bits per heavy atom. The van der Waals surface area contributed by atoms with E-state index < -0.39 is 0 Å². The highest BCUT2D eigenvalue weighted by Gasteiger charge is 2.14. The standard InChI is InChI=1S/C13H12N8/c1-21(9-4-2-8(6-14)3-5-9)12-10-7-16-20-11(10)17-13(18-12)19-15/h2-5,7H,15H2,1H3,(H2,16,17,18,19,20). The highest BCUT2D eigenvalue weighted by molar-refractivity contribution is 5.89. The molecule has 0 saturated carbocycles. The first-order chi connectivity index (χ1) is 10.2. The summed E-state index contributed by atoms with van der Waals surface area (Å²) in [7, 11) is 1.87. The smallest absolute Gasteiger partial charge is 0.241 e. The van der Waals surface area contributed by atoms with Crippen LogP contribution in [0.25, 0.3) is 11.0 Å². The third kappa shape index (κ3) is 2.22. The number of rotatable bonds is 3. The van der Waals surface area contributed by atoms with Gasteiger partial charge in [0.05, 0.1) is 23.2 Å². The summed E-state index contributed by atoms with van der Waals surface area (Å²) in [6.07, 6.45) is 1.66. The van der Waals surface area contributed by atoms with Gasteiger partial charge in [0.15, 0.2) is 5.65 Å². The maximum atomic E-state index is 8.85. The fourth-order valence-corrected chi connectivity index (χ4v) is 2.02. The predicted octanol–water partition coefficient (Wildman–Crippen LogP) is 1.28. The van der Waals surface area contributed by atoms with Crippen LogP contribution >= 0.6 is 0 Å². The summed E-state index contributed by atoms with van der Waals surface area (Å²) in [6, 6.07) is 9.29. The zero-order chi connectivity index (χ0) is 14.8. The molecule has 0 atom stereocenters. The van der Waals surface area contributed by atoms with Crippen LogP contribution in [0.15, 0.2) is 30.5 Å². The maximum absolute atomic E-state index is 8.85. The van der Waals surface area contributed by atoms with Crippen LogP contribution in [0.3, 0.4) is 0 Å². The lowest BCUT2D eigenvalue weighted by Crippen LogP contribution is -2.16. The molecule has 104 valence electrons. The molecule has 1 aromatic carbocycles. The highest BCUT2D eigenvalue weighted by Crippen LogP contribution is 2.28. The monoisotopic (exact) mass is 280 g/mol. The molecule has 0 fully saturated rings. The van der Waals surface area contributed by atoms with E-state index in [-0.39, 0.29) is 0 Å². The van der Waals surface area contributed by atoms with E-state index in [1.54, 1.807) is 18.3 Å². The van der Waals surface area contributed by atoms with Crippen molar-refractivity contribution in [3.05, 3.63) is 36.0 Å². The number of anilines is 3. The van der Waals surface area contributed by atoms with E-state index in [1.807, 2.05) is 24.1 Å². The van der Waals surface area contributed by atoms with Gasteiger partial charge in [0.25, 0.3) is 0 Å². The molecule has 0 aliphatic rings. The quantitative estimate of drug-likeness (QED) is 0.488. The van der Waals surface area contributed by atoms with Crippen molar-refractivity contribution in [3.8, 4) is 6.07 Å². The van der Waals surface area contributed by atoms with Gasteiger partial charge in [-0.1, -0.05) is 0 Å². The van der Waals surface area contributed by atoms with Gasteiger partial charge >= 0.3 is 0 Å². The zero-order valence-electron chi connectivity index (χ0n) is 11.2. The summed E-state index contributed by atoms with van der Waals surface area (Å²) >= 11 is 0. The van der Waals surface area contributed by atoms with Crippen LogP contribution in [0.2, 0.25) is 0 Å². The molecule has 0 amide bonds. The predicted molar refractivity (Wildman–Crippen MR) is 78.7 cm³/mol. The average molecular weight is 280 g/mol. The molecular weight excluding hydrogens is 268 g/mol. The Morgan fingerprint density at radius 3 is 2.71 bits per heavy atom. The van der Waals surface area contributed by atoms with E-state index in [4.69, 9.17) is 11.1 Å². The Kier molecular flexibility index (Phi) is 3.10. The van der Waals surface area contributed by atoms with Gasteiger partial charge in [0.2, 0.25) is 5.95 Å². The summed E-state index contributed by atoms with van der Waals surface area (Å²) in [5.41, 5.74) is 4.52. The fraction of sp³-hybridized carbons (Fsp3) is 0.0769. The van der Waals surface area contributed by atoms with E-state index in [9.17, 15) is 0 Å². The number of H-pyrrole nitrogens is 1. The number of nitrogens with two attached hydrogens (primary N) is 1. The molecule has 0 unspecified atom stereocenters. The molecule has 0 aliphatic carbocycles. The second-order valence-corrected chi connectivity index (χ2v) is 4.37. The SMILES string of the molecule is CN(c1ccc(C#N)cc1)c1nc(NN)nc2[nH]ncc12. The van der Waals surface area contributed by atoms with Gasteiger partial charge in [-0.2, -0.15) is 20.3 Å². The molecule has 0 aliphatic heterocycles. The topological polar surface area (TPSA) is 120 Å². The van der Waals surface area contributed by atoms with Gasteiger partial charge in [0, 0.05) is 12.7 Å². The Balaban J connectivity index is 2.09. The third-order valence-corrected chi connectivity index (χ3v) is 3.12. The van der Waals surface area contributed by atoms with Crippen LogP contribution in [-0.4, -0.2) is 27.2 Å². The molecule has 21 heavy (non-hydrogen) atoms. The van der Waals surface area contributed by atoms with Gasteiger partial charge in [0.1, 0.15) is 5.82 Å². The van der Waals surface area contributed by atoms with Crippen LogP contribution < -0.4 is 16.2 Å². The van der Waals surface area contributed by atoms with Crippen LogP contribution in [0.5, 0.6) is 0 Å². The molecule has 0 saturated heterocycles. The van der Waals surface area contributed by atoms with E-state index in [2.05, 4.69) is 31.7 Å². The Bertz CT molecular complexity index is 814. The zero-order valence-corrected chi connectivity index (χ0v) is 11.2. The summed E-state index contributed by atoms with van der Waals surface area (Å²) < 4.78 is 0. The number of nitriles is 1. The summed E-state index contributed by atoms with van der Waals surface area (Å²) in [5.74, 6) is 6.34. The number of aromatic nitrogens is 4. The lowest BCUT2D eigenvalue weighted by molar-refractivity contribution is 1.06. The van der Waals surface area contributed by atoms with Crippen LogP contribution in [0.4, 0.5) is 17.5 Å². The average Bonchev–Trinajstić information content (AvgIpc) is 3.01. The molecule has 8 nitrogen and oxygen atoms in total. The largest absolute Gasteiger partial charge is 0.329 e. The van der Waals surface area contributed by atoms with Gasteiger partial charge in [-0.3, -0.25) is 10.5 Å². The number of nitrogen functional groups attached to an aromatic ring is 1. The minimum atomic E-state index is 0.294. The molecule has 3 rings (SSSR count). The van der Waals surface area contributed by atoms with E-state index >= 15 is 0 Å². The van der Waals surface area contributed by atoms with Crippen molar-refractivity contribution in [2.75, 3.05) is 17.4 Å². The van der Waals surface area contributed by atoms with E-state index in [0.717, 1.165) is 11.1 Å². The minimum absolute atomic E-state index is 0.294. The number of hydrogen-bond donors (Lipinski definition) is 3. The Labute approximate surface area is 120 Å². The molecule has 2 heterocycles. The molecule has 0 spiro atoms. The number of nitrogens with one attached hydrogen (secondary N) is 2. The van der Waals surface area contributed by atoms with E-state index in [0.29, 0.717) is 23.0 Å². The number of aromatic amines is 1. The molecule has 3 aromatic rings. The summed E-state index contributed by atoms with van der Waals surface area (Å²) in [4.78, 5) is 10.4. The molecule has 0 bridgehead atoms. The second kappa shape index (κ2) is 5.07. The first-order valence-electron chi connectivity index (χ1n) is 6.14. The van der Waals surface area contributed by atoms with Crippen molar-refractivity contribution in [2.45, 2.75) is 0 Å². The van der Waals surface area contributed by atoms with Crippen LogP contribution in [0.1, 0.15) is 5.56 Å². The number of benzene rings is 1. The first kappa shape index (κ1) is 12.8. The molecule has 2 aromatic heterocycles. The molecular formula is C13H12N8. The Hall–Kier alpha value is -3.18. The number of fused-ring (bicyclic) bond motifs is 1. The van der Waals surface area contributed by atoms with Crippen molar-refractivity contribution in [1.29, 1.82) is 5.26 Å². The second-order valence-electron chi connectivity index (χ2n) is 4.37. The van der Waals surface area contributed by atoms with Crippen molar-refractivity contribution in [2.24, 2.45) is 5.84 Å².